The number of hydrogen-bond donors (Lipinski definition) is 0. The highest BCUT2D eigenvalue weighted by Crippen LogP contribution is 2.38. The van der Waals surface area contributed by atoms with Crippen LogP contribution in [-0.4, -0.2) is 18.7 Å². The van der Waals surface area contributed by atoms with Crippen molar-refractivity contribution in [3.63, 3.8) is 0 Å². The molecule has 8 heteroatoms. The second kappa shape index (κ2) is 6.34. The largest absolute Gasteiger partial charge is 0.461 e. The molecule has 0 amide bonds. The summed E-state index contributed by atoms with van der Waals surface area (Å²) in [6.07, 6.45) is -8.94. The quantitative estimate of drug-likeness (QED) is 0.690. The average molecular weight is 330 g/mol. The summed E-state index contributed by atoms with van der Waals surface area (Å²) in [4.78, 5) is 0. The van der Waals surface area contributed by atoms with Crippen molar-refractivity contribution in [2.24, 2.45) is 0 Å². The molecule has 0 spiro atoms. The first-order chi connectivity index (χ1) is 10.2. The van der Waals surface area contributed by atoms with E-state index >= 15 is 0 Å². The van der Waals surface area contributed by atoms with Crippen LogP contribution in [0.3, 0.4) is 0 Å². The maximum Gasteiger partial charge on any atom is 0.461 e. The summed E-state index contributed by atoms with van der Waals surface area (Å²) < 4.78 is 93.5. The van der Waals surface area contributed by atoms with Crippen molar-refractivity contribution in [2.75, 3.05) is 0 Å². The Bertz CT molecular complexity index is 501. The molecule has 0 unspecified atom stereocenters. The van der Waals surface area contributed by atoms with Crippen molar-refractivity contribution in [2.45, 2.75) is 50.3 Å². The number of benzene rings is 1. The van der Waals surface area contributed by atoms with Crippen LogP contribution in [0.4, 0.5) is 30.7 Å². The molecule has 0 aliphatic heterocycles. The summed E-state index contributed by atoms with van der Waals surface area (Å²) >= 11 is 0. The van der Waals surface area contributed by atoms with Gasteiger partial charge < -0.3 is 4.74 Å². The van der Waals surface area contributed by atoms with Gasteiger partial charge in [-0.15, -0.1) is 0 Å². The molecule has 1 nitrogen and oxygen atoms in total. The summed E-state index contributed by atoms with van der Waals surface area (Å²) in [5.41, 5.74) is 0.176. The zero-order chi connectivity index (χ0) is 16.5. The third-order valence-electron chi connectivity index (χ3n) is 3.64. The molecular weight excluding hydrogens is 317 g/mol. The minimum atomic E-state index is -4.99. The molecule has 124 valence electrons. The zero-order valence-corrected chi connectivity index (χ0v) is 11.3. The second-order valence-corrected chi connectivity index (χ2v) is 5.23. The van der Waals surface area contributed by atoms with E-state index in [0.717, 1.165) is 12.1 Å². The number of rotatable bonds is 4. The molecule has 0 aromatic heterocycles. The molecule has 1 aliphatic rings. The van der Waals surface area contributed by atoms with Crippen LogP contribution in [0.25, 0.3) is 0 Å². The molecule has 1 fully saturated rings. The van der Waals surface area contributed by atoms with Gasteiger partial charge in [-0.3, -0.25) is 0 Å². The van der Waals surface area contributed by atoms with E-state index in [0.29, 0.717) is 12.8 Å². The predicted molar refractivity (Wildman–Crippen MR) is 64.0 cm³/mol. The van der Waals surface area contributed by atoms with Crippen LogP contribution < -0.4 is 4.74 Å². The molecule has 1 aromatic rings. The topological polar surface area (TPSA) is 9.23 Å². The Morgan fingerprint density at radius 2 is 1.50 bits per heavy atom. The van der Waals surface area contributed by atoms with Gasteiger partial charge >= 0.3 is 12.5 Å². The minimum Gasteiger partial charge on any atom is -0.422 e. The zero-order valence-electron chi connectivity index (χ0n) is 11.3. The average Bonchev–Trinajstić information content (AvgIpc) is 2.43. The van der Waals surface area contributed by atoms with E-state index in [1.54, 1.807) is 0 Å². The predicted octanol–water partition coefficient (Wildman–Crippen LogP) is 5.20. The monoisotopic (exact) mass is 330 g/mol. The van der Waals surface area contributed by atoms with Crippen molar-refractivity contribution < 1.29 is 35.5 Å². The molecule has 0 heterocycles. The lowest BCUT2D eigenvalue weighted by Gasteiger charge is -2.25. The third kappa shape index (κ3) is 3.64. The van der Waals surface area contributed by atoms with Crippen LogP contribution in [-0.2, 0) is 0 Å². The van der Waals surface area contributed by atoms with E-state index in [2.05, 4.69) is 4.74 Å². The van der Waals surface area contributed by atoms with Crippen molar-refractivity contribution in [3.8, 4) is 5.75 Å². The van der Waals surface area contributed by atoms with Gasteiger partial charge in [0.25, 0.3) is 0 Å². The van der Waals surface area contributed by atoms with E-state index in [1.807, 2.05) is 0 Å². The smallest absolute Gasteiger partial charge is 0.422 e. The van der Waals surface area contributed by atoms with Gasteiger partial charge in [0, 0.05) is 0 Å². The second-order valence-electron chi connectivity index (χ2n) is 5.23. The molecule has 1 aliphatic carbocycles. The lowest BCUT2D eigenvalue weighted by molar-refractivity contribution is -0.255. The van der Waals surface area contributed by atoms with E-state index in [-0.39, 0.29) is 24.3 Å². The molecule has 22 heavy (non-hydrogen) atoms. The fourth-order valence-electron chi connectivity index (χ4n) is 2.48. The third-order valence-corrected chi connectivity index (χ3v) is 3.64. The summed E-state index contributed by atoms with van der Waals surface area (Å²) in [6.45, 7) is 0. The number of hydrogen-bond acceptors (Lipinski definition) is 1. The highest BCUT2D eigenvalue weighted by atomic mass is 19.3. The van der Waals surface area contributed by atoms with Gasteiger partial charge in [-0.1, -0.05) is 0 Å². The molecular formula is C14H13F7O. The van der Waals surface area contributed by atoms with Gasteiger partial charge in [0.05, 0.1) is 0 Å². The first-order valence-electron chi connectivity index (χ1n) is 6.68. The molecule has 0 radical (unpaired) electrons. The van der Waals surface area contributed by atoms with Crippen LogP contribution in [0.1, 0.15) is 37.2 Å². The summed E-state index contributed by atoms with van der Waals surface area (Å²) in [6, 6.07) is 1.53. The fraction of sp³-hybridized carbons (Fsp3) is 0.571. The summed E-state index contributed by atoms with van der Waals surface area (Å²) in [5.74, 6) is -4.83. The molecule has 0 bridgehead atoms. The van der Waals surface area contributed by atoms with Gasteiger partial charge in [0.1, 0.15) is 6.17 Å². The van der Waals surface area contributed by atoms with Crippen molar-refractivity contribution in [3.05, 3.63) is 29.3 Å². The summed E-state index contributed by atoms with van der Waals surface area (Å²) in [7, 11) is 0. The van der Waals surface area contributed by atoms with Crippen LogP contribution in [0.15, 0.2) is 12.1 Å². The molecule has 1 saturated carbocycles. The molecule has 0 saturated heterocycles. The summed E-state index contributed by atoms with van der Waals surface area (Å²) in [5, 5.41) is 0. The first kappa shape index (κ1) is 16.9. The molecule has 1 aromatic carbocycles. The maximum atomic E-state index is 13.7. The Hall–Kier alpha value is -1.47. The Morgan fingerprint density at radius 1 is 1.00 bits per heavy atom. The lowest BCUT2D eigenvalue weighted by atomic mass is 9.83. The molecule has 0 atom stereocenters. The Morgan fingerprint density at radius 3 is 1.95 bits per heavy atom. The van der Waals surface area contributed by atoms with Crippen molar-refractivity contribution in [1.29, 1.82) is 0 Å². The van der Waals surface area contributed by atoms with Gasteiger partial charge in [-0.25, -0.2) is 13.2 Å². The van der Waals surface area contributed by atoms with Gasteiger partial charge in [-0.2, -0.15) is 17.6 Å². The highest BCUT2D eigenvalue weighted by molar-refractivity contribution is 5.33. The Balaban J connectivity index is 2.22. The Labute approximate surface area is 122 Å². The van der Waals surface area contributed by atoms with Gasteiger partial charge in [0.15, 0.2) is 17.4 Å². The maximum absolute atomic E-state index is 13.7. The molecule has 2 rings (SSSR count). The van der Waals surface area contributed by atoms with E-state index < -0.39 is 36.1 Å². The SMILES string of the molecule is Fc1cc(C2CCC(F)CC2)cc(F)c1OC(F)(F)C(F)F. The van der Waals surface area contributed by atoms with Crippen LogP contribution in [0.5, 0.6) is 5.75 Å². The fourth-order valence-corrected chi connectivity index (χ4v) is 2.48. The molecule has 0 N–H and O–H groups in total. The normalized spacial score (nSPS) is 22.9. The number of halogens is 7. The minimum absolute atomic E-state index is 0.176. The van der Waals surface area contributed by atoms with Crippen LogP contribution in [0, 0.1) is 11.6 Å². The van der Waals surface area contributed by atoms with Gasteiger partial charge in [-0.05, 0) is 49.3 Å². The standard InChI is InChI=1S/C14H13F7O/c15-9-3-1-7(2-4-9)8-5-10(16)12(11(17)6-8)22-14(20,21)13(18)19/h5-7,9,13H,1-4H2. The number of alkyl halides is 5. The van der Waals surface area contributed by atoms with Crippen LogP contribution in [0.2, 0.25) is 0 Å². The van der Waals surface area contributed by atoms with Gasteiger partial charge in [0.2, 0.25) is 0 Å². The number of ether oxygens (including phenoxy) is 1. The van der Waals surface area contributed by atoms with Crippen molar-refractivity contribution in [1.82, 2.24) is 0 Å². The van der Waals surface area contributed by atoms with E-state index in [4.69, 9.17) is 0 Å². The first-order valence-corrected chi connectivity index (χ1v) is 6.68. The van der Waals surface area contributed by atoms with E-state index in [9.17, 15) is 30.7 Å². The lowest BCUT2D eigenvalue weighted by Crippen LogP contribution is -2.34. The van der Waals surface area contributed by atoms with Crippen LogP contribution >= 0.6 is 0 Å². The highest BCUT2D eigenvalue weighted by Gasteiger charge is 2.45. The Kier molecular flexibility index (Phi) is 4.87. The van der Waals surface area contributed by atoms with Crippen molar-refractivity contribution >= 4 is 0 Å². The van der Waals surface area contributed by atoms with E-state index in [1.165, 1.54) is 0 Å².